The van der Waals surface area contributed by atoms with Crippen LogP contribution in [0.2, 0.25) is 0 Å². The first-order valence-corrected chi connectivity index (χ1v) is 7.50. The topological polar surface area (TPSA) is 60.5 Å². The number of thiazole rings is 1. The highest BCUT2D eigenvalue weighted by atomic mass is 32.1. The molecule has 1 unspecified atom stereocenters. The van der Waals surface area contributed by atoms with Gasteiger partial charge in [0.05, 0.1) is 10.2 Å². The smallest absolute Gasteiger partial charge is 0.228 e. The van der Waals surface area contributed by atoms with Gasteiger partial charge >= 0.3 is 0 Å². The minimum absolute atomic E-state index is 0.00354. The Labute approximate surface area is 120 Å². The Kier molecular flexibility index (Phi) is 3.48. The van der Waals surface area contributed by atoms with Crippen molar-refractivity contribution in [2.45, 2.75) is 20.3 Å². The SMILES string of the molecule is CCC(C)C(=O)Nc1nc2cc3c(cc2s1)OCCO3. The summed E-state index contributed by atoms with van der Waals surface area (Å²) < 4.78 is 12.1. The molecule has 0 fully saturated rings. The Morgan fingerprint density at radius 3 is 2.80 bits per heavy atom. The molecule has 1 aromatic heterocycles. The number of ether oxygens (including phenoxy) is 2. The van der Waals surface area contributed by atoms with E-state index in [1.807, 2.05) is 26.0 Å². The van der Waals surface area contributed by atoms with Crippen molar-refractivity contribution < 1.29 is 14.3 Å². The summed E-state index contributed by atoms with van der Waals surface area (Å²) in [6, 6.07) is 3.78. The van der Waals surface area contributed by atoms with Crippen LogP contribution in [-0.4, -0.2) is 24.1 Å². The number of hydrogen-bond acceptors (Lipinski definition) is 5. The van der Waals surface area contributed by atoms with Crippen molar-refractivity contribution in [3.05, 3.63) is 12.1 Å². The zero-order valence-electron chi connectivity index (χ0n) is 11.4. The maximum atomic E-state index is 11.9. The summed E-state index contributed by atoms with van der Waals surface area (Å²) in [6.45, 7) is 5.02. The van der Waals surface area contributed by atoms with Gasteiger partial charge in [0.1, 0.15) is 13.2 Å². The summed E-state index contributed by atoms with van der Waals surface area (Å²) in [5, 5.41) is 3.48. The maximum Gasteiger partial charge on any atom is 0.228 e. The molecule has 2 aromatic rings. The van der Waals surface area contributed by atoms with Gasteiger partial charge in [0.15, 0.2) is 16.6 Å². The van der Waals surface area contributed by atoms with E-state index in [0.717, 1.165) is 22.4 Å². The molecule has 0 spiro atoms. The number of rotatable bonds is 3. The number of nitrogens with one attached hydrogen (secondary N) is 1. The van der Waals surface area contributed by atoms with Gasteiger partial charge in [0.25, 0.3) is 0 Å². The molecule has 1 N–H and O–H groups in total. The minimum atomic E-state index is -0.0121. The molecule has 1 aliphatic heterocycles. The van der Waals surface area contributed by atoms with Gasteiger partial charge in [-0.2, -0.15) is 0 Å². The Balaban J connectivity index is 1.89. The lowest BCUT2D eigenvalue weighted by atomic mass is 10.1. The Hall–Kier alpha value is -1.82. The van der Waals surface area contributed by atoms with Crippen LogP contribution in [0.25, 0.3) is 10.2 Å². The van der Waals surface area contributed by atoms with Crippen LogP contribution in [0.3, 0.4) is 0 Å². The van der Waals surface area contributed by atoms with Gasteiger partial charge in [-0.3, -0.25) is 4.79 Å². The number of anilines is 1. The molecule has 2 heterocycles. The lowest BCUT2D eigenvalue weighted by molar-refractivity contribution is -0.119. The molecule has 0 bridgehead atoms. The first-order valence-electron chi connectivity index (χ1n) is 6.68. The first kappa shape index (κ1) is 13.2. The van der Waals surface area contributed by atoms with E-state index in [1.165, 1.54) is 11.3 Å². The lowest BCUT2D eigenvalue weighted by Gasteiger charge is -2.17. The molecule has 0 radical (unpaired) electrons. The number of carbonyl (C=O) groups excluding carboxylic acids is 1. The normalized spacial score (nSPS) is 15.1. The van der Waals surface area contributed by atoms with Gasteiger partial charge in [-0.1, -0.05) is 25.2 Å². The van der Waals surface area contributed by atoms with E-state index in [1.54, 1.807) is 0 Å². The lowest BCUT2D eigenvalue weighted by Crippen LogP contribution is -2.19. The number of nitrogens with zero attached hydrogens (tertiary/aromatic N) is 1. The molecule has 1 amide bonds. The van der Waals surface area contributed by atoms with E-state index in [2.05, 4.69) is 10.3 Å². The van der Waals surface area contributed by atoms with Crippen LogP contribution in [0.5, 0.6) is 11.5 Å². The quantitative estimate of drug-likeness (QED) is 0.944. The third kappa shape index (κ3) is 2.43. The van der Waals surface area contributed by atoms with Gasteiger partial charge in [-0.05, 0) is 6.42 Å². The number of fused-ring (bicyclic) bond motifs is 2. The molecule has 0 saturated heterocycles. The summed E-state index contributed by atoms with van der Waals surface area (Å²) in [5.74, 6) is 1.45. The van der Waals surface area contributed by atoms with E-state index in [0.29, 0.717) is 24.1 Å². The monoisotopic (exact) mass is 292 g/mol. The Morgan fingerprint density at radius 2 is 2.10 bits per heavy atom. The van der Waals surface area contributed by atoms with E-state index < -0.39 is 0 Å². The molecule has 0 saturated carbocycles. The van der Waals surface area contributed by atoms with Crippen molar-refractivity contribution >= 4 is 32.6 Å². The molecule has 0 aliphatic carbocycles. The fourth-order valence-electron chi connectivity index (χ4n) is 1.93. The zero-order valence-corrected chi connectivity index (χ0v) is 12.3. The highest BCUT2D eigenvalue weighted by molar-refractivity contribution is 7.22. The summed E-state index contributed by atoms with van der Waals surface area (Å²) in [4.78, 5) is 16.3. The molecule has 1 aromatic carbocycles. The number of carbonyl (C=O) groups is 1. The second kappa shape index (κ2) is 5.28. The molecular formula is C14H16N2O3S. The van der Waals surface area contributed by atoms with Crippen molar-refractivity contribution in [1.29, 1.82) is 0 Å². The number of hydrogen-bond donors (Lipinski definition) is 1. The van der Waals surface area contributed by atoms with E-state index in [9.17, 15) is 4.79 Å². The molecule has 106 valence electrons. The molecule has 1 atom stereocenters. The van der Waals surface area contributed by atoms with E-state index >= 15 is 0 Å². The van der Waals surface area contributed by atoms with Crippen molar-refractivity contribution in [2.75, 3.05) is 18.5 Å². The summed E-state index contributed by atoms with van der Waals surface area (Å²) in [7, 11) is 0. The number of amides is 1. The average molecular weight is 292 g/mol. The van der Waals surface area contributed by atoms with Crippen LogP contribution < -0.4 is 14.8 Å². The summed E-state index contributed by atoms with van der Waals surface area (Å²) in [5.41, 5.74) is 0.818. The van der Waals surface area contributed by atoms with Crippen LogP contribution in [0, 0.1) is 5.92 Å². The molecule has 6 heteroatoms. The van der Waals surface area contributed by atoms with Crippen molar-refractivity contribution in [1.82, 2.24) is 4.98 Å². The molecule has 3 rings (SSSR count). The Bertz CT molecular complexity index is 610. The maximum absolute atomic E-state index is 11.9. The van der Waals surface area contributed by atoms with Gasteiger partial charge in [0.2, 0.25) is 5.91 Å². The number of aromatic nitrogens is 1. The second-order valence-electron chi connectivity index (χ2n) is 4.78. The van der Waals surface area contributed by atoms with Crippen LogP contribution >= 0.6 is 11.3 Å². The summed E-state index contributed by atoms with van der Waals surface area (Å²) in [6.07, 6.45) is 0.812. The second-order valence-corrected chi connectivity index (χ2v) is 5.81. The highest BCUT2D eigenvalue weighted by Crippen LogP contribution is 2.37. The van der Waals surface area contributed by atoms with E-state index in [-0.39, 0.29) is 11.8 Å². The molecule has 20 heavy (non-hydrogen) atoms. The first-order chi connectivity index (χ1) is 9.67. The van der Waals surface area contributed by atoms with Crippen LogP contribution in [0.1, 0.15) is 20.3 Å². The van der Waals surface area contributed by atoms with E-state index in [4.69, 9.17) is 9.47 Å². The largest absolute Gasteiger partial charge is 0.486 e. The predicted molar refractivity (Wildman–Crippen MR) is 78.7 cm³/mol. The van der Waals surface area contributed by atoms with Crippen molar-refractivity contribution in [3.8, 4) is 11.5 Å². The van der Waals surface area contributed by atoms with Crippen LogP contribution in [0.4, 0.5) is 5.13 Å². The zero-order chi connectivity index (χ0) is 14.1. The minimum Gasteiger partial charge on any atom is -0.486 e. The van der Waals surface area contributed by atoms with Crippen molar-refractivity contribution in [2.24, 2.45) is 5.92 Å². The summed E-state index contributed by atoms with van der Waals surface area (Å²) >= 11 is 1.45. The molecule has 1 aliphatic rings. The van der Waals surface area contributed by atoms with Crippen LogP contribution in [-0.2, 0) is 4.79 Å². The fourth-order valence-corrected chi connectivity index (χ4v) is 2.81. The van der Waals surface area contributed by atoms with Gasteiger partial charge < -0.3 is 14.8 Å². The highest BCUT2D eigenvalue weighted by Gasteiger charge is 2.17. The molecular weight excluding hydrogens is 276 g/mol. The fraction of sp³-hybridized carbons (Fsp3) is 0.429. The average Bonchev–Trinajstić information content (AvgIpc) is 2.84. The van der Waals surface area contributed by atoms with Gasteiger partial charge in [0, 0.05) is 18.1 Å². The Morgan fingerprint density at radius 1 is 1.40 bits per heavy atom. The molecule has 5 nitrogen and oxygen atoms in total. The third-order valence-electron chi connectivity index (χ3n) is 3.34. The number of benzene rings is 1. The van der Waals surface area contributed by atoms with Gasteiger partial charge in [-0.15, -0.1) is 0 Å². The third-order valence-corrected chi connectivity index (χ3v) is 4.28. The standard InChI is InChI=1S/C14H16N2O3S/c1-3-8(2)13(17)16-14-15-9-6-10-11(7-12(9)20-14)19-5-4-18-10/h6-8H,3-5H2,1-2H3,(H,15,16,17). The van der Waals surface area contributed by atoms with Crippen molar-refractivity contribution in [3.63, 3.8) is 0 Å². The predicted octanol–water partition coefficient (Wildman–Crippen LogP) is 3.05. The van der Waals surface area contributed by atoms with Crippen LogP contribution in [0.15, 0.2) is 12.1 Å². The van der Waals surface area contributed by atoms with Gasteiger partial charge in [-0.25, -0.2) is 4.98 Å².